The van der Waals surface area contributed by atoms with Crippen molar-refractivity contribution in [1.29, 1.82) is 0 Å². The maximum atomic E-state index is 10.5. The fourth-order valence-electron chi connectivity index (χ4n) is 1.38. The van der Waals surface area contributed by atoms with Crippen LogP contribution in [-0.2, 0) is 16.0 Å². The quantitative estimate of drug-likeness (QED) is 0.582. The summed E-state index contributed by atoms with van der Waals surface area (Å²) in [6.45, 7) is 2.83. The van der Waals surface area contributed by atoms with Crippen molar-refractivity contribution in [2.75, 3.05) is 13.2 Å². The zero-order valence-corrected chi connectivity index (χ0v) is 10.1. The molecule has 1 aromatic carbocycles. The Hall–Kier alpha value is -1.61. The fourth-order valence-corrected chi connectivity index (χ4v) is 1.38. The van der Waals surface area contributed by atoms with Gasteiger partial charge in [-0.15, -0.1) is 0 Å². The van der Waals surface area contributed by atoms with Gasteiger partial charge in [0.25, 0.3) is 0 Å². The second kappa shape index (κ2) is 7.63. The third-order valence-electron chi connectivity index (χ3n) is 2.43. The SMILES string of the molecule is CC(=CCCOCCc1ccccc1)C(=O)O. The van der Waals surface area contributed by atoms with Crippen LogP contribution in [0.25, 0.3) is 0 Å². The molecule has 3 nitrogen and oxygen atoms in total. The molecule has 0 fully saturated rings. The Morgan fingerprint density at radius 1 is 1.29 bits per heavy atom. The van der Waals surface area contributed by atoms with Gasteiger partial charge < -0.3 is 9.84 Å². The van der Waals surface area contributed by atoms with Gasteiger partial charge in [0.1, 0.15) is 0 Å². The van der Waals surface area contributed by atoms with Crippen molar-refractivity contribution in [2.45, 2.75) is 19.8 Å². The monoisotopic (exact) mass is 234 g/mol. The van der Waals surface area contributed by atoms with Crippen molar-refractivity contribution in [3.05, 3.63) is 47.5 Å². The third-order valence-corrected chi connectivity index (χ3v) is 2.43. The molecule has 0 radical (unpaired) electrons. The highest BCUT2D eigenvalue weighted by atomic mass is 16.5. The van der Waals surface area contributed by atoms with Crippen LogP contribution in [0.2, 0.25) is 0 Å². The van der Waals surface area contributed by atoms with Crippen LogP contribution < -0.4 is 0 Å². The molecule has 0 aliphatic heterocycles. The molecule has 0 bridgehead atoms. The van der Waals surface area contributed by atoms with E-state index in [0.717, 1.165) is 6.42 Å². The Labute approximate surface area is 102 Å². The molecule has 0 spiro atoms. The van der Waals surface area contributed by atoms with Gasteiger partial charge in [-0.25, -0.2) is 4.79 Å². The Morgan fingerprint density at radius 2 is 2.00 bits per heavy atom. The van der Waals surface area contributed by atoms with Crippen LogP contribution in [0.3, 0.4) is 0 Å². The van der Waals surface area contributed by atoms with Crippen LogP contribution in [0.5, 0.6) is 0 Å². The van der Waals surface area contributed by atoms with Crippen molar-refractivity contribution in [3.63, 3.8) is 0 Å². The Bertz CT molecular complexity index is 368. The van der Waals surface area contributed by atoms with E-state index in [1.165, 1.54) is 5.56 Å². The molecule has 0 aliphatic carbocycles. The van der Waals surface area contributed by atoms with E-state index >= 15 is 0 Å². The van der Waals surface area contributed by atoms with Gasteiger partial charge in [0.05, 0.1) is 13.2 Å². The molecule has 0 aromatic heterocycles. The highest BCUT2D eigenvalue weighted by Gasteiger charge is 1.97. The number of carboxylic acids is 1. The molecule has 0 atom stereocenters. The highest BCUT2D eigenvalue weighted by Crippen LogP contribution is 2.00. The maximum absolute atomic E-state index is 10.5. The summed E-state index contributed by atoms with van der Waals surface area (Å²) in [5.74, 6) is -0.866. The van der Waals surface area contributed by atoms with Crippen LogP contribution in [0, 0.1) is 0 Å². The predicted molar refractivity (Wildman–Crippen MR) is 67.0 cm³/mol. The summed E-state index contributed by atoms with van der Waals surface area (Å²) < 4.78 is 5.43. The lowest BCUT2D eigenvalue weighted by molar-refractivity contribution is -0.132. The number of hydrogen-bond donors (Lipinski definition) is 1. The van der Waals surface area contributed by atoms with E-state index in [0.29, 0.717) is 25.2 Å². The molecule has 1 rings (SSSR count). The normalized spacial score (nSPS) is 11.5. The molecule has 1 aromatic rings. The van der Waals surface area contributed by atoms with E-state index in [9.17, 15) is 4.79 Å². The summed E-state index contributed by atoms with van der Waals surface area (Å²) in [4.78, 5) is 10.5. The average molecular weight is 234 g/mol. The minimum Gasteiger partial charge on any atom is -0.478 e. The van der Waals surface area contributed by atoms with Crippen molar-refractivity contribution in [3.8, 4) is 0 Å². The maximum Gasteiger partial charge on any atom is 0.330 e. The number of ether oxygens (including phenoxy) is 1. The molecule has 0 heterocycles. The molecule has 1 N–H and O–H groups in total. The van der Waals surface area contributed by atoms with Crippen LogP contribution in [0.4, 0.5) is 0 Å². The van der Waals surface area contributed by atoms with Crippen molar-refractivity contribution in [1.82, 2.24) is 0 Å². The van der Waals surface area contributed by atoms with E-state index in [1.54, 1.807) is 13.0 Å². The lowest BCUT2D eigenvalue weighted by Crippen LogP contribution is -2.01. The molecule has 0 amide bonds. The molecule has 92 valence electrons. The zero-order chi connectivity index (χ0) is 12.5. The fraction of sp³-hybridized carbons (Fsp3) is 0.357. The lowest BCUT2D eigenvalue weighted by Gasteiger charge is -2.02. The first-order chi connectivity index (χ1) is 8.20. The summed E-state index contributed by atoms with van der Waals surface area (Å²) in [6.07, 6.45) is 3.22. The first-order valence-electron chi connectivity index (χ1n) is 5.72. The minimum atomic E-state index is -0.866. The second-order valence-electron chi connectivity index (χ2n) is 3.83. The smallest absolute Gasteiger partial charge is 0.330 e. The van der Waals surface area contributed by atoms with Crippen LogP contribution >= 0.6 is 0 Å². The standard InChI is InChI=1S/C14H18O3/c1-12(14(15)16)6-5-10-17-11-9-13-7-3-2-4-8-13/h2-4,6-8H,5,9-11H2,1H3,(H,15,16). The third kappa shape index (κ3) is 5.88. The zero-order valence-electron chi connectivity index (χ0n) is 10.1. The Morgan fingerprint density at radius 3 is 2.65 bits per heavy atom. The summed E-state index contributed by atoms with van der Waals surface area (Å²) in [5.41, 5.74) is 1.63. The van der Waals surface area contributed by atoms with Gasteiger partial charge in [0.15, 0.2) is 0 Å². The van der Waals surface area contributed by atoms with E-state index in [-0.39, 0.29) is 0 Å². The molecule has 0 unspecified atom stereocenters. The molecule has 17 heavy (non-hydrogen) atoms. The first kappa shape index (κ1) is 13.5. The number of carbonyl (C=O) groups is 1. The van der Waals surface area contributed by atoms with Crippen molar-refractivity contribution in [2.24, 2.45) is 0 Å². The van der Waals surface area contributed by atoms with Gasteiger partial charge in [-0.3, -0.25) is 0 Å². The van der Waals surface area contributed by atoms with Gasteiger partial charge in [-0.1, -0.05) is 36.4 Å². The minimum absolute atomic E-state index is 0.372. The largest absolute Gasteiger partial charge is 0.478 e. The molecular formula is C14H18O3. The van der Waals surface area contributed by atoms with Crippen LogP contribution in [0.1, 0.15) is 18.9 Å². The van der Waals surface area contributed by atoms with E-state index in [1.807, 2.05) is 18.2 Å². The summed E-state index contributed by atoms with van der Waals surface area (Å²) >= 11 is 0. The topological polar surface area (TPSA) is 46.5 Å². The van der Waals surface area contributed by atoms with Gasteiger partial charge >= 0.3 is 5.97 Å². The summed E-state index contributed by atoms with van der Waals surface area (Å²) in [7, 11) is 0. The summed E-state index contributed by atoms with van der Waals surface area (Å²) in [5, 5.41) is 8.62. The number of benzene rings is 1. The van der Waals surface area contributed by atoms with Crippen molar-refractivity contribution >= 4 is 5.97 Å². The number of rotatable bonds is 7. The van der Waals surface area contributed by atoms with Crippen LogP contribution in [0.15, 0.2) is 42.0 Å². The van der Waals surface area contributed by atoms with E-state index in [2.05, 4.69) is 12.1 Å². The highest BCUT2D eigenvalue weighted by molar-refractivity contribution is 5.85. The number of carboxylic acid groups (broad SMARTS) is 1. The summed E-state index contributed by atoms with van der Waals surface area (Å²) in [6, 6.07) is 10.1. The van der Waals surface area contributed by atoms with Crippen molar-refractivity contribution < 1.29 is 14.6 Å². The predicted octanol–water partition coefficient (Wildman–Crippen LogP) is 2.67. The number of hydrogen-bond acceptors (Lipinski definition) is 2. The lowest BCUT2D eigenvalue weighted by atomic mass is 10.2. The van der Waals surface area contributed by atoms with Gasteiger partial charge in [-0.05, 0) is 25.3 Å². The average Bonchev–Trinajstić information content (AvgIpc) is 2.34. The van der Waals surface area contributed by atoms with Gasteiger partial charge in [0.2, 0.25) is 0 Å². The van der Waals surface area contributed by atoms with Gasteiger partial charge in [0, 0.05) is 5.57 Å². The van der Waals surface area contributed by atoms with E-state index in [4.69, 9.17) is 9.84 Å². The van der Waals surface area contributed by atoms with Gasteiger partial charge in [-0.2, -0.15) is 0 Å². The Kier molecular flexibility index (Phi) is 6.04. The second-order valence-corrected chi connectivity index (χ2v) is 3.83. The molecule has 0 saturated heterocycles. The molecule has 0 saturated carbocycles. The molecular weight excluding hydrogens is 216 g/mol. The molecule has 0 aliphatic rings. The Balaban J connectivity index is 2.10. The number of aliphatic carboxylic acids is 1. The van der Waals surface area contributed by atoms with Crippen LogP contribution in [-0.4, -0.2) is 24.3 Å². The first-order valence-corrected chi connectivity index (χ1v) is 5.72. The molecule has 3 heteroatoms. The van der Waals surface area contributed by atoms with E-state index < -0.39 is 5.97 Å².